The van der Waals surface area contributed by atoms with Crippen LogP contribution in [0.1, 0.15) is 27.7 Å². The molecule has 104 valence electrons. The first-order valence-electron chi connectivity index (χ1n) is 7.23. The van der Waals surface area contributed by atoms with Crippen LogP contribution in [0.5, 0.6) is 0 Å². The molecule has 2 aliphatic heterocycles. The van der Waals surface area contributed by atoms with E-state index in [0.29, 0.717) is 11.8 Å². The molecule has 1 saturated heterocycles. The van der Waals surface area contributed by atoms with Gasteiger partial charge < -0.3 is 14.4 Å². The first kappa shape index (κ1) is 12.8. The molecule has 3 rings (SSSR count). The quantitative estimate of drug-likeness (QED) is 0.724. The van der Waals surface area contributed by atoms with Crippen molar-refractivity contribution in [3.63, 3.8) is 0 Å². The van der Waals surface area contributed by atoms with Gasteiger partial charge in [-0.05, 0) is 25.3 Å². The third-order valence-electron chi connectivity index (χ3n) is 4.70. The average Bonchev–Trinajstić information content (AvgIpc) is 2.69. The van der Waals surface area contributed by atoms with E-state index in [2.05, 4.69) is 32.6 Å². The molecule has 1 aliphatic carbocycles. The van der Waals surface area contributed by atoms with Crippen LogP contribution in [0.2, 0.25) is 0 Å². The maximum atomic E-state index is 5.70. The summed E-state index contributed by atoms with van der Waals surface area (Å²) in [7, 11) is 0. The summed E-state index contributed by atoms with van der Waals surface area (Å²) in [5.41, 5.74) is 5.61. The van der Waals surface area contributed by atoms with Crippen LogP contribution in [0.4, 0.5) is 0 Å². The summed E-state index contributed by atoms with van der Waals surface area (Å²) in [6, 6.07) is 0. The lowest BCUT2D eigenvalue weighted by Crippen LogP contribution is -2.37. The maximum Gasteiger partial charge on any atom is 0.104 e. The molecule has 0 N–H and O–H groups in total. The Morgan fingerprint density at radius 2 is 1.79 bits per heavy atom. The zero-order chi connectivity index (χ0) is 13.6. The topological polar surface area (TPSA) is 21.7 Å². The van der Waals surface area contributed by atoms with Crippen molar-refractivity contribution >= 4 is 0 Å². The highest BCUT2D eigenvalue weighted by molar-refractivity contribution is 5.57. The molecule has 0 radical (unpaired) electrons. The Hall–Kier alpha value is -1.22. The molecule has 0 aromatic heterocycles. The predicted molar refractivity (Wildman–Crippen MR) is 75.3 cm³/mol. The standard InChI is InChI=1S/C16H23NO2/c1-10-9-19-13(4)15-11(2)12(3)16(14(10)15)17-5-7-18-8-6-17/h9,11-12H,5-8H2,1-4H3. The maximum absolute atomic E-state index is 5.70. The zero-order valence-corrected chi connectivity index (χ0v) is 12.3. The molecule has 0 aromatic rings. The highest BCUT2D eigenvalue weighted by atomic mass is 16.5. The van der Waals surface area contributed by atoms with Crippen molar-refractivity contribution in [1.29, 1.82) is 0 Å². The van der Waals surface area contributed by atoms with E-state index in [0.717, 1.165) is 32.1 Å². The third kappa shape index (κ3) is 1.91. The lowest BCUT2D eigenvalue weighted by molar-refractivity contribution is 0.0486. The molecule has 2 heterocycles. The summed E-state index contributed by atoms with van der Waals surface area (Å²) >= 11 is 0. The molecular weight excluding hydrogens is 238 g/mol. The molecule has 3 aliphatic rings. The average molecular weight is 261 g/mol. The Kier molecular flexibility index (Phi) is 3.17. The van der Waals surface area contributed by atoms with E-state index in [9.17, 15) is 0 Å². The molecule has 2 atom stereocenters. The van der Waals surface area contributed by atoms with Gasteiger partial charge in [-0.2, -0.15) is 0 Å². The van der Waals surface area contributed by atoms with Crippen molar-refractivity contribution in [2.24, 2.45) is 11.8 Å². The molecule has 0 amide bonds. The van der Waals surface area contributed by atoms with Gasteiger partial charge in [-0.15, -0.1) is 0 Å². The van der Waals surface area contributed by atoms with Gasteiger partial charge in [-0.3, -0.25) is 0 Å². The molecule has 0 spiro atoms. The van der Waals surface area contributed by atoms with Crippen LogP contribution in [0.25, 0.3) is 0 Å². The lowest BCUT2D eigenvalue weighted by atomic mass is 9.91. The molecular formula is C16H23NO2. The van der Waals surface area contributed by atoms with Crippen molar-refractivity contribution < 1.29 is 9.47 Å². The molecule has 0 saturated carbocycles. The highest BCUT2D eigenvalue weighted by Gasteiger charge is 2.39. The van der Waals surface area contributed by atoms with Gasteiger partial charge >= 0.3 is 0 Å². The van der Waals surface area contributed by atoms with Crippen molar-refractivity contribution in [2.75, 3.05) is 26.3 Å². The SMILES string of the molecule is CC1=COC(C)=C2C1=C(N1CCOCC1)C(C)C2C. The van der Waals surface area contributed by atoms with Crippen LogP contribution in [-0.4, -0.2) is 31.2 Å². The van der Waals surface area contributed by atoms with E-state index in [1.165, 1.54) is 22.4 Å². The normalized spacial score (nSPS) is 31.4. The minimum atomic E-state index is 0.538. The monoisotopic (exact) mass is 261 g/mol. The minimum Gasteiger partial charge on any atom is -0.469 e. The number of fused-ring (bicyclic) bond motifs is 1. The van der Waals surface area contributed by atoms with E-state index in [4.69, 9.17) is 9.47 Å². The fourth-order valence-corrected chi connectivity index (χ4v) is 3.54. The number of rotatable bonds is 1. The molecule has 19 heavy (non-hydrogen) atoms. The van der Waals surface area contributed by atoms with Crippen LogP contribution in [0.15, 0.2) is 34.4 Å². The Labute approximate surface area is 115 Å². The van der Waals surface area contributed by atoms with E-state index in [1.807, 2.05) is 6.26 Å². The second kappa shape index (κ2) is 4.71. The van der Waals surface area contributed by atoms with Gasteiger partial charge in [0.1, 0.15) is 5.76 Å². The van der Waals surface area contributed by atoms with Gasteiger partial charge in [0.25, 0.3) is 0 Å². The molecule has 3 heteroatoms. The largest absolute Gasteiger partial charge is 0.469 e. The molecule has 1 fully saturated rings. The molecule has 0 aromatic carbocycles. The molecule has 0 bridgehead atoms. The first-order valence-corrected chi connectivity index (χ1v) is 7.23. The van der Waals surface area contributed by atoms with Gasteiger partial charge in [-0.1, -0.05) is 13.8 Å². The second-order valence-electron chi connectivity index (χ2n) is 5.83. The zero-order valence-electron chi connectivity index (χ0n) is 12.3. The summed E-state index contributed by atoms with van der Waals surface area (Å²) in [5.74, 6) is 2.17. The van der Waals surface area contributed by atoms with Crippen LogP contribution >= 0.6 is 0 Å². The molecule has 2 unspecified atom stereocenters. The van der Waals surface area contributed by atoms with Crippen molar-refractivity contribution in [1.82, 2.24) is 4.90 Å². The van der Waals surface area contributed by atoms with E-state index in [1.54, 1.807) is 0 Å². The van der Waals surface area contributed by atoms with Crippen molar-refractivity contribution in [3.8, 4) is 0 Å². The van der Waals surface area contributed by atoms with Gasteiger partial charge in [0, 0.05) is 35.9 Å². The lowest BCUT2D eigenvalue weighted by Gasteiger charge is -2.33. The Morgan fingerprint density at radius 1 is 1.11 bits per heavy atom. The summed E-state index contributed by atoms with van der Waals surface area (Å²) in [5, 5.41) is 0. The number of allylic oxidation sites excluding steroid dienone is 5. The van der Waals surface area contributed by atoms with Crippen LogP contribution in [-0.2, 0) is 9.47 Å². The van der Waals surface area contributed by atoms with Gasteiger partial charge in [0.15, 0.2) is 0 Å². The van der Waals surface area contributed by atoms with Crippen molar-refractivity contribution in [3.05, 3.63) is 34.4 Å². The fraction of sp³-hybridized carbons (Fsp3) is 0.625. The highest BCUT2D eigenvalue weighted by Crippen LogP contribution is 2.48. The fourth-order valence-electron chi connectivity index (χ4n) is 3.54. The number of morpholine rings is 1. The number of hydrogen-bond acceptors (Lipinski definition) is 3. The van der Waals surface area contributed by atoms with Gasteiger partial charge in [-0.25, -0.2) is 0 Å². The first-order chi connectivity index (χ1) is 9.11. The number of ether oxygens (including phenoxy) is 2. The number of hydrogen-bond donors (Lipinski definition) is 0. The summed E-state index contributed by atoms with van der Waals surface area (Å²) in [4.78, 5) is 2.52. The Bertz CT molecular complexity index is 481. The third-order valence-corrected chi connectivity index (χ3v) is 4.70. The number of nitrogens with zero attached hydrogens (tertiary/aromatic N) is 1. The molecule has 3 nitrogen and oxygen atoms in total. The smallest absolute Gasteiger partial charge is 0.104 e. The van der Waals surface area contributed by atoms with E-state index >= 15 is 0 Å². The second-order valence-corrected chi connectivity index (χ2v) is 5.83. The summed E-state index contributed by atoms with van der Waals surface area (Å²) < 4.78 is 11.2. The Morgan fingerprint density at radius 3 is 2.47 bits per heavy atom. The predicted octanol–water partition coefficient (Wildman–Crippen LogP) is 3.07. The van der Waals surface area contributed by atoms with Crippen LogP contribution < -0.4 is 0 Å². The van der Waals surface area contributed by atoms with Crippen molar-refractivity contribution in [2.45, 2.75) is 27.7 Å². The van der Waals surface area contributed by atoms with E-state index in [-0.39, 0.29) is 0 Å². The van der Waals surface area contributed by atoms with Crippen LogP contribution in [0.3, 0.4) is 0 Å². The summed E-state index contributed by atoms with van der Waals surface area (Å²) in [6.45, 7) is 12.6. The summed E-state index contributed by atoms with van der Waals surface area (Å²) in [6.07, 6.45) is 1.90. The van der Waals surface area contributed by atoms with E-state index < -0.39 is 0 Å². The van der Waals surface area contributed by atoms with Crippen LogP contribution in [0, 0.1) is 11.8 Å². The van der Waals surface area contributed by atoms with Gasteiger partial charge in [0.05, 0.1) is 19.5 Å². The van der Waals surface area contributed by atoms with Gasteiger partial charge in [0.2, 0.25) is 0 Å². The Balaban J connectivity index is 2.08. The minimum absolute atomic E-state index is 0.538.